The van der Waals surface area contributed by atoms with Gasteiger partial charge in [0.1, 0.15) is 0 Å². The van der Waals surface area contributed by atoms with Gasteiger partial charge in [-0.1, -0.05) is 31.0 Å². The number of benzene rings is 1. The van der Waals surface area contributed by atoms with Crippen LogP contribution in [0.2, 0.25) is 0 Å². The summed E-state index contributed by atoms with van der Waals surface area (Å²) in [5.74, 6) is -0.648. The average Bonchev–Trinajstić information content (AvgIpc) is 2.84. The second kappa shape index (κ2) is 5.07. The number of alkyl halides is 2. The van der Waals surface area contributed by atoms with E-state index in [1.54, 1.807) is 6.20 Å². The van der Waals surface area contributed by atoms with Gasteiger partial charge in [-0.25, -0.2) is 0 Å². The Labute approximate surface area is 121 Å². The lowest BCUT2D eigenvalue weighted by Crippen LogP contribution is -2.55. The zero-order valence-electron chi connectivity index (χ0n) is 11.6. The standard InChI is InChI=1S/C16H19F2NO2/c17-16(18,21)15(20)8-4-3-5-12(15)9-11-10-19-14-7-2-1-6-13(11)14/h1-2,6-7,10,12,19-21H,3-5,8-9H2/t12-,15+/m0/s1. The van der Waals surface area contributed by atoms with Gasteiger partial charge in [0, 0.05) is 23.0 Å². The van der Waals surface area contributed by atoms with Gasteiger partial charge in [0.2, 0.25) is 0 Å². The monoisotopic (exact) mass is 295 g/mol. The molecular formula is C16H19F2NO2. The third-order valence-corrected chi connectivity index (χ3v) is 4.70. The minimum atomic E-state index is -4.07. The van der Waals surface area contributed by atoms with Crippen molar-refractivity contribution in [2.75, 3.05) is 0 Å². The predicted molar refractivity (Wildman–Crippen MR) is 76.1 cm³/mol. The SMILES string of the molecule is OC(F)(F)[C@@]1(O)CCCC[C@H]1Cc1c[nH]c2ccccc12. The van der Waals surface area contributed by atoms with E-state index in [1.165, 1.54) is 0 Å². The number of aromatic amines is 1. The van der Waals surface area contributed by atoms with E-state index in [0.29, 0.717) is 19.3 Å². The first kappa shape index (κ1) is 14.5. The number of fused-ring (bicyclic) bond motifs is 1. The van der Waals surface area contributed by atoms with Gasteiger partial charge in [-0.3, -0.25) is 0 Å². The van der Waals surface area contributed by atoms with E-state index in [1.807, 2.05) is 24.3 Å². The average molecular weight is 295 g/mol. The van der Waals surface area contributed by atoms with Crippen LogP contribution in [0.5, 0.6) is 0 Å². The van der Waals surface area contributed by atoms with Crippen LogP contribution in [0.3, 0.4) is 0 Å². The van der Waals surface area contributed by atoms with E-state index in [0.717, 1.165) is 22.9 Å². The summed E-state index contributed by atoms with van der Waals surface area (Å²) in [6.45, 7) is 0. The minimum Gasteiger partial charge on any atom is -0.380 e. The molecule has 3 rings (SSSR count). The smallest absolute Gasteiger partial charge is 0.380 e. The molecular weight excluding hydrogens is 276 g/mol. The minimum absolute atomic E-state index is 0.0660. The summed E-state index contributed by atoms with van der Waals surface area (Å²) in [6.07, 6.45) is -0.200. The van der Waals surface area contributed by atoms with Gasteiger partial charge in [-0.2, -0.15) is 8.78 Å². The summed E-state index contributed by atoms with van der Waals surface area (Å²) in [5.41, 5.74) is -0.480. The molecule has 0 saturated heterocycles. The van der Waals surface area contributed by atoms with Gasteiger partial charge in [0.25, 0.3) is 0 Å². The molecule has 1 aromatic carbocycles. The van der Waals surface area contributed by atoms with Gasteiger partial charge in [-0.15, -0.1) is 0 Å². The number of aromatic nitrogens is 1. The van der Waals surface area contributed by atoms with Crippen LogP contribution in [0.1, 0.15) is 31.2 Å². The van der Waals surface area contributed by atoms with Crippen molar-refractivity contribution in [2.45, 2.75) is 43.8 Å². The molecule has 1 aromatic heterocycles. The van der Waals surface area contributed by atoms with Crippen LogP contribution < -0.4 is 0 Å². The maximum atomic E-state index is 13.5. The van der Waals surface area contributed by atoms with Crippen molar-refractivity contribution in [2.24, 2.45) is 5.92 Å². The Kier molecular flexibility index (Phi) is 3.50. The van der Waals surface area contributed by atoms with E-state index >= 15 is 0 Å². The molecule has 1 aliphatic carbocycles. The van der Waals surface area contributed by atoms with E-state index in [4.69, 9.17) is 5.11 Å². The van der Waals surface area contributed by atoms with Crippen molar-refractivity contribution in [3.8, 4) is 0 Å². The lowest BCUT2D eigenvalue weighted by molar-refractivity contribution is -0.329. The summed E-state index contributed by atoms with van der Waals surface area (Å²) in [4.78, 5) is 3.11. The lowest BCUT2D eigenvalue weighted by Gasteiger charge is -2.42. The first-order valence-corrected chi connectivity index (χ1v) is 7.29. The molecule has 1 heterocycles. The molecule has 21 heavy (non-hydrogen) atoms. The predicted octanol–water partition coefficient (Wildman–Crippen LogP) is 3.22. The zero-order valence-corrected chi connectivity index (χ0v) is 11.6. The highest BCUT2D eigenvalue weighted by Gasteiger charge is 2.56. The molecule has 1 fully saturated rings. The van der Waals surface area contributed by atoms with Crippen molar-refractivity contribution >= 4 is 10.9 Å². The molecule has 0 spiro atoms. The van der Waals surface area contributed by atoms with Crippen LogP contribution in [-0.2, 0) is 6.42 Å². The summed E-state index contributed by atoms with van der Waals surface area (Å²) in [6, 6.07) is 7.65. The van der Waals surface area contributed by atoms with Crippen LogP contribution in [0.4, 0.5) is 8.78 Å². The normalized spacial score (nSPS) is 27.1. The molecule has 2 atom stereocenters. The molecule has 3 N–H and O–H groups in total. The quantitative estimate of drug-likeness (QED) is 0.814. The van der Waals surface area contributed by atoms with Crippen LogP contribution in [-0.4, -0.2) is 26.9 Å². The molecule has 0 bridgehead atoms. The summed E-state index contributed by atoms with van der Waals surface area (Å²) in [7, 11) is 0. The summed E-state index contributed by atoms with van der Waals surface area (Å²) >= 11 is 0. The van der Waals surface area contributed by atoms with Gasteiger partial charge >= 0.3 is 6.11 Å². The Morgan fingerprint density at radius 2 is 2.05 bits per heavy atom. The number of H-pyrrole nitrogens is 1. The zero-order chi connectivity index (χ0) is 15.1. The molecule has 3 nitrogen and oxygen atoms in total. The Balaban J connectivity index is 1.92. The van der Waals surface area contributed by atoms with Gasteiger partial charge < -0.3 is 15.2 Å². The van der Waals surface area contributed by atoms with E-state index in [2.05, 4.69) is 4.98 Å². The molecule has 114 valence electrons. The highest BCUT2D eigenvalue weighted by molar-refractivity contribution is 5.83. The number of halogens is 2. The number of rotatable bonds is 3. The van der Waals surface area contributed by atoms with Crippen molar-refractivity contribution < 1.29 is 19.0 Å². The lowest BCUT2D eigenvalue weighted by atomic mass is 9.72. The molecule has 0 unspecified atom stereocenters. The summed E-state index contributed by atoms with van der Waals surface area (Å²) < 4.78 is 27.0. The molecule has 2 aromatic rings. The highest BCUT2D eigenvalue weighted by Crippen LogP contribution is 2.44. The third kappa shape index (κ3) is 2.45. The number of hydrogen-bond acceptors (Lipinski definition) is 2. The maximum Gasteiger partial charge on any atom is 0.382 e. The highest BCUT2D eigenvalue weighted by atomic mass is 19.3. The fourth-order valence-corrected chi connectivity index (χ4v) is 3.46. The third-order valence-electron chi connectivity index (χ3n) is 4.70. The number of hydrogen-bond donors (Lipinski definition) is 3. The molecule has 1 aliphatic rings. The number of aliphatic hydroxyl groups is 2. The van der Waals surface area contributed by atoms with Crippen LogP contribution in [0.15, 0.2) is 30.5 Å². The van der Waals surface area contributed by atoms with Crippen LogP contribution in [0, 0.1) is 5.92 Å². The first-order chi connectivity index (χ1) is 9.92. The van der Waals surface area contributed by atoms with E-state index in [9.17, 15) is 13.9 Å². The molecule has 0 amide bonds. The largest absolute Gasteiger partial charge is 0.382 e. The van der Waals surface area contributed by atoms with Crippen molar-refractivity contribution in [1.29, 1.82) is 0 Å². The van der Waals surface area contributed by atoms with Crippen LogP contribution >= 0.6 is 0 Å². The van der Waals surface area contributed by atoms with Gasteiger partial charge in [0.05, 0.1) is 0 Å². The number of para-hydroxylation sites is 1. The van der Waals surface area contributed by atoms with Gasteiger partial charge in [-0.05, 0) is 30.9 Å². The molecule has 1 saturated carbocycles. The first-order valence-electron chi connectivity index (χ1n) is 7.29. The second-order valence-corrected chi connectivity index (χ2v) is 5.97. The Hall–Kier alpha value is -1.46. The topological polar surface area (TPSA) is 56.2 Å². The second-order valence-electron chi connectivity index (χ2n) is 5.97. The molecule has 0 radical (unpaired) electrons. The molecule has 5 heteroatoms. The maximum absolute atomic E-state index is 13.5. The Morgan fingerprint density at radius 3 is 2.81 bits per heavy atom. The summed E-state index contributed by atoms with van der Waals surface area (Å²) in [5, 5.41) is 20.4. The number of nitrogens with one attached hydrogen (secondary N) is 1. The van der Waals surface area contributed by atoms with Crippen molar-refractivity contribution in [1.82, 2.24) is 4.98 Å². The fraction of sp³-hybridized carbons (Fsp3) is 0.500. The van der Waals surface area contributed by atoms with Crippen molar-refractivity contribution in [3.05, 3.63) is 36.0 Å². The Morgan fingerprint density at radius 1 is 1.29 bits per heavy atom. The Bertz CT molecular complexity index is 634. The van der Waals surface area contributed by atoms with Crippen molar-refractivity contribution in [3.63, 3.8) is 0 Å². The van der Waals surface area contributed by atoms with Crippen LogP contribution in [0.25, 0.3) is 10.9 Å². The fourth-order valence-electron chi connectivity index (χ4n) is 3.46. The molecule has 0 aliphatic heterocycles. The van der Waals surface area contributed by atoms with E-state index in [-0.39, 0.29) is 6.42 Å². The van der Waals surface area contributed by atoms with Gasteiger partial charge in [0.15, 0.2) is 5.60 Å². The van der Waals surface area contributed by atoms with E-state index < -0.39 is 17.6 Å².